The van der Waals surface area contributed by atoms with Gasteiger partial charge in [0.15, 0.2) is 0 Å². The number of rotatable bonds is 8. The van der Waals surface area contributed by atoms with Crippen LogP contribution in [0.1, 0.15) is 22.3 Å². The molecule has 1 aromatic heterocycles. The monoisotopic (exact) mass is 385 g/mol. The molecule has 136 valence electrons. The van der Waals surface area contributed by atoms with Crippen LogP contribution in [-0.4, -0.2) is 28.6 Å². The van der Waals surface area contributed by atoms with Gasteiger partial charge in [-0.05, 0) is 39.1 Å². The summed E-state index contributed by atoms with van der Waals surface area (Å²) in [5, 5.41) is 23.1. The third-order valence-electron chi connectivity index (χ3n) is 4.40. The Morgan fingerprint density at radius 3 is 2.19 bits per heavy atom. The first-order valence-corrected chi connectivity index (χ1v) is 10.4. The van der Waals surface area contributed by atoms with E-state index < -0.39 is 4.75 Å². The molecule has 0 aliphatic heterocycles. The third-order valence-corrected chi connectivity index (χ3v) is 6.82. The molecule has 2 atom stereocenters. The van der Waals surface area contributed by atoms with Crippen molar-refractivity contribution < 1.29 is 10.2 Å². The zero-order valence-corrected chi connectivity index (χ0v) is 16.0. The fourth-order valence-corrected chi connectivity index (χ4v) is 5.27. The lowest BCUT2D eigenvalue weighted by atomic mass is 9.85. The van der Waals surface area contributed by atoms with Crippen LogP contribution in [0.5, 0.6) is 0 Å². The minimum absolute atomic E-state index is 0.0274. The second-order valence-corrected chi connectivity index (χ2v) is 8.18. The van der Waals surface area contributed by atoms with Crippen LogP contribution in [0.15, 0.2) is 71.4 Å². The van der Waals surface area contributed by atoms with Gasteiger partial charge in [-0.25, -0.2) is 0 Å². The predicted octanol–water partition coefficient (Wildman–Crippen LogP) is 3.59. The Labute approximate surface area is 162 Å². The van der Waals surface area contributed by atoms with Gasteiger partial charge in [-0.3, -0.25) is 0 Å². The van der Waals surface area contributed by atoms with E-state index in [-0.39, 0.29) is 19.3 Å². The van der Waals surface area contributed by atoms with E-state index in [2.05, 4.69) is 41.1 Å². The molecular formula is C21H23NO2S2. The number of aliphatic hydroxyl groups excluding tert-OH is 2. The molecule has 26 heavy (non-hydrogen) atoms. The average Bonchev–Trinajstić information content (AvgIpc) is 3.24. The second kappa shape index (κ2) is 8.84. The maximum Gasteiger partial charge on any atom is 0.0915 e. The molecule has 4 N–H and O–H groups in total. The first kappa shape index (κ1) is 19.1. The summed E-state index contributed by atoms with van der Waals surface area (Å²) in [6.45, 7) is -0.00937. The van der Waals surface area contributed by atoms with Crippen molar-refractivity contribution in [2.24, 2.45) is 5.73 Å². The van der Waals surface area contributed by atoms with Crippen molar-refractivity contribution >= 4 is 23.1 Å². The summed E-state index contributed by atoms with van der Waals surface area (Å²) in [7, 11) is 0. The minimum Gasteiger partial charge on any atom is -0.395 e. The molecule has 0 radical (unpaired) electrons. The maximum atomic E-state index is 9.41. The molecule has 1 heterocycles. The third kappa shape index (κ3) is 3.87. The summed E-state index contributed by atoms with van der Waals surface area (Å²) in [6, 6.07) is 20.3. The van der Waals surface area contributed by atoms with E-state index in [1.807, 2.05) is 30.3 Å². The quantitative estimate of drug-likeness (QED) is 0.554. The fraction of sp³-hybridized carbons (Fsp3) is 0.238. The van der Waals surface area contributed by atoms with Gasteiger partial charge in [-0.15, -0.1) is 11.8 Å². The number of thioether (sulfide) groups is 1. The smallest absolute Gasteiger partial charge is 0.0915 e. The van der Waals surface area contributed by atoms with E-state index in [4.69, 9.17) is 5.73 Å². The van der Waals surface area contributed by atoms with E-state index in [9.17, 15) is 10.2 Å². The number of benzene rings is 2. The lowest BCUT2D eigenvalue weighted by Crippen LogP contribution is -2.32. The van der Waals surface area contributed by atoms with Gasteiger partial charge in [0.25, 0.3) is 0 Å². The number of nitrogens with two attached hydrogens (primary N) is 1. The Morgan fingerprint density at radius 2 is 1.62 bits per heavy atom. The van der Waals surface area contributed by atoms with Crippen molar-refractivity contribution in [3.63, 3.8) is 0 Å². The van der Waals surface area contributed by atoms with Crippen molar-refractivity contribution in [1.82, 2.24) is 0 Å². The van der Waals surface area contributed by atoms with Crippen LogP contribution in [0, 0.1) is 0 Å². The highest BCUT2D eigenvalue weighted by atomic mass is 32.2. The lowest BCUT2D eigenvalue weighted by Gasteiger charge is -2.35. The van der Waals surface area contributed by atoms with Crippen LogP contribution < -0.4 is 5.73 Å². The Balaban J connectivity index is 2.16. The van der Waals surface area contributed by atoms with Crippen molar-refractivity contribution in [2.75, 3.05) is 12.4 Å². The summed E-state index contributed by atoms with van der Waals surface area (Å²) < 4.78 is -0.415. The summed E-state index contributed by atoms with van der Waals surface area (Å²) in [5.41, 5.74) is 10.4. The molecule has 3 aromatic rings. The first-order chi connectivity index (χ1) is 12.7. The van der Waals surface area contributed by atoms with Crippen molar-refractivity contribution in [3.8, 4) is 0 Å². The molecule has 3 nitrogen and oxygen atoms in total. The standard InChI is InChI=1S/C21H23NO2S2/c22-20(13-24)15-26-21(19-10-11-25-14-19,17-4-2-1-3-5-17)18-8-6-16(12-23)7-9-18/h1-11,14,20,23-24H,12-13,15,22H2/t20-,21?/m1/s1. The molecule has 3 rings (SSSR count). The largest absolute Gasteiger partial charge is 0.395 e. The van der Waals surface area contributed by atoms with Gasteiger partial charge in [-0.2, -0.15) is 11.3 Å². The van der Waals surface area contributed by atoms with Crippen LogP contribution in [0.3, 0.4) is 0 Å². The Kier molecular flexibility index (Phi) is 6.51. The van der Waals surface area contributed by atoms with E-state index in [0.29, 0.717) is 5.75 Å². The molecular weight excluding hydrogens is 362 g/mol. The molecule has 0 saturated heterocycles. The fourth-order valence-electron chi connectivity index (χ4n) is 3.02. The lowest BCUT2D eigenvalue weighted by molar-refractivity contribution is 0.275. The Bertz CT molecular complexity index is 791. The van der Waals surface area contributed by atoms with Crippen molar-refractivity contribution in [1.29, 1.82) is 0 Å². The van der Waals surface area contributed by atoms with Crippen molar-refractivity contribution in [3.05, 3.63) is 93.7 Å². The number of hydrogen-bond donors (Lipinski definition) is 3. The van der Waals surface area contributed by atoms with Crippen LogP contribution in [0.4, 0.5) is 0 Å². The predicted molar refractivity (Wildman–Crippen MR) is 111 cm³/mol. The average molecular weight is 386 g/mol. The number of hydrogen-bond acceptors (Lipinski definition) is 5. The van der Waals surface area contributed by atoms with E-state index in [0.717, 1.165) is 11.1 Å². The Morgan fingerprint density at radius 1 is 0.923 bits per heavy atom. The summed E-state index contributed by atoms with van der Waals surface area (Å²) in [4.78, 5) is 0. The summed E-state index contributed by atoms with van der Waals surface area (Å²) in [5.74, 6) is 0.628. The normalized spacial score (nSPS) is 14.7. The van der Waals surface area contributed by atoms with Gasteiger partial charge in [0.05, 0.1) is 18.0 Å². The maximum absolute atomic E-state index is 9.41. The van der Waals surface area contributed by atoms with Gasteiger partial charge < -0.3 is 15.9 Å². The first-order valence-electron chi connectivity index (χ1n) is 8.49. The Hall–Kier alpha value is -1.63. The van der Waals surface area contributed by atoms with Crippen LogP contribution in [-0.2, 0) is 11.4 Å². The molecule has 0 amide bonds. The molecule has 0 spiro atoms. The topological polar surface area (TPSA) is 66.5 Å². The molecule has 0 fully saturated rings. The SMILES string of the molecule is N[C@H](CO)CSC(c1ccccc1)(c1ccc(CO)cc1)c1ccsc1. The van der Waals surface area contributed by atoms with E-state index >= 15 is 0 Å². The zero-order valence-electron chi connectivity index (χ0n) is 14.4. The highest BCUT2D eigenvalue weighted by Gasteiger charge is 2.37. The highest BCUT2D eigenvalue weighted by Crippen LogP contribution is 2.49. The van der Waals surface area contributed by atoms with E-state index in [1.165, 1.54) is 11.1 Å². The van der Waals surface area contributed by atoms with Gasteiger partial charge in [-0.1, -0.05) is 54.6 Å². The van der Waals surface area contributed by atoms with Crippen LogP contribution in [0.2, 0.25) is 0 Å². The highest BCUT2D eigenvalue weighted by molar-refractivity contribution is 8.00. The molecule has 2 aromatic carbocycles. The van der Waals surface area contributed by atoms with E-state index in [1.54, 1.807) is 23.1 Å². The van der Waals surface area contributed by atoms with Gasteiger partial charge in [0.2, 0.25) is 0 Å². The molecule has 5 heteroatoms. The second-order valence-electron chi connectivity index (χ2n) is 6.17. The molecule has 0 aliphatic carbocycles. The summed E-state index contributed by atoms with van der Waals surface area (Å²) >= 11 is 3.41. The van der Waals surface area contributed by atoms with Gasteiger partial charge in [0.1, 0.15) is 0 Å². The number of aliphatic hydroxyl groups is 2. The molecule has 0 saturated carbocycles. The zero-order chi connectivity index (χ0) is 18.4. The minimum atomic E-state index is -0.415. The number of thiophene rings is 1. The molecule has 1 unspecified atom stereocenters. The van der Waals surface area contributed by atoms with Crippen molar-refractivity contribution in [2.45, 2.75) is 17.4 Å². The molecule has 0 bridgehead atoms. The summed E-state index contributed by atoms with van der Waals surface area (Å²) in [6.07, 6.45) is 0. The van der Waals surface area contributed by atoms with Gasteiger partial charge >= 0.3 is 0 Å². The van der Waals surface area contributed by atoms with Gasteiger partial charge in [0, 0.05) is 11.8 Å². The van der Waals surface area contributed by atoms with Crippen LogP contribution in [0.25, 0.3) is 0 Å². The molecule has 0 aliphatic rings. The van der Waals surface area contributed by atoms with Crippen LogP contribution >= 0.6 is 23.1 Å².